The van der Waals surface area contributed by atoms with Gasteiger partial charge >= 0.3 is 0 Å². The second kappa shape index (κ2) is 9.27. The Morgan fingerprint density at radius 3 is 2.18 bits per heavy atom. The standard InChI is InChI=1S/C20H22Cl2N2O3S/c21-17-12-7-13-18(22)20(17)23-19(25)14-24(15-8-3-1-4-9-15)28(26,27)16-10-5-2-6-11-16/h2,5-7,10-13,15H,1,3-4,8-9,14H2,(H,23,25). The van der Waals surface area contributed by atoms with E-state index in [1.807, 2.05) is 0 Å². The summed E-state index contributed by atoms with van der Waals surface area (Å²) in [5, 5.41) is 3.27. The number of nitrogens with zero attached hydrogens (tertiary/aromatic N) is 1. The van der Waals surface area contributed by atoms with Crippen LogP contribution in [-0.4, -0.2) is 31.2 Å². The van der Waals surface area contributed by atoms with Crippen LogP contribution in [0.3, 0.4) is 0 Å². The van der Waals surface area contributed by atoms with E-state index in [4.69, 9.17) is 23.2 Å². The molecule has 3 rings (SSSR count). The molecule has 2 aromatic rings. The van der Waals surface area contributed by atoms with Gasteiger partial charge in [-0.25, -0.2) is 8.42 Å². The number of halogens is 2. The van der Waals surface area contributed by atoms with E-state index in [0.717, 1.165) is 32.1 Å². The average molecular weight is 441 g/mol. The Bertz CT molecular complexity index is 909. The van der Waals surface area contributed by atoms with Crippen LogP contribution in [-0.2, 0) is 14.8 Å². The number of benzene rings is 2. The Labute approximate surface area is 175 Å². The molecule has 150 valence electrons. The third-order valence-corrected chi connectivity index (χ3v) is 7.40. The lowest BCUT2D eigenvalue weighted by Crippen LogP contribution is -2.45. The first kappa shape index (κ1) is 21.1. The molecule has 28 heavy (non-hydrogen) atoms. The van der Waals surface area contributed by atoms with Crippen molar-refractivity contribution in [2.45, 2.75) is 43.0 Å². The van der Waals surface area contributed by atoms with E-state index in [1.165, 1.54) is 4.31 Å². The van der Waals surface area contributed by atoms with Crippen molar-refractivity contribution in [1.82, 2.24) is 4.31 Å². The first-order chi connectivity index (χ1) is 13.4. The summed E-state index contributed by atoms with van der Waals surface area (Å²) in [4.78, 5) is 12.9. The summed E-state index contributed by atoms with van der Waals surface area (Å²) in [5.74, 6) is -0.472. The van der Waals surface area contributed by atoms with Crippen LogP contribution < -0.4 is 5.32 Å². The molecule has 0 spiro atoms. The molecule has 1 aliphatic carbocycles. The number of para-hydroxylation sites is 1. The van der Waals surface area contributed by atoms with Crippen LogP contribution in [0.2, 0.25) is 10.0 Å². The minimum Gasteiger partial charge on any atom is -0.322 e. The molecule has 0 aliphatic heterocycles. The van der Waals surface area contributed by atoms with Crippen LogP contribution in [0.25, 0.3) is 0 Å². The van der Waals surface area contributed by atoms with Gasteiger partial charge in [0, 0.05) is 6.04 Å². The summed E-state index contributed by atoms with van der Waals surface area (Å²) >= 11 is 12.2. The number of sulfonamides is 1. The van der Waals surface area contributed by atoms with Gasteiger partial charge in [-0.15, -0.1) is 0 Å². The molecule has 5 nitrogen and oxygen atoms in total. The fourth-order valence-corrected chi connectivity index (χ4v) is 5.60. The van der Waals surface area contributed by atoms with Crippen molar-refractivity contribution < 1.29 is 13.2 Å². The molecule has 0 bridgehead atoms. The van der Waals surface area contributed by atoms with Gasteiger partial charge in [0.25, 0.3) is 0 Å². The zero-order valence-corrected chi connectivity index (χ0v) is 17.6. The van der Waals surface area contributed by atoms with Crippen molar-refractivity contribution in [2.24, 2.45) is 0 Å². The van der Waals surface area contributed by atoms with Crippen LogP contribution in [0.15, 0.2) is 53.4 Å². The zero-order valence-electron chi connectivity index (χ0n) is 15.3. The van der Waals surface area contributed by atoms with Crippen molar-refractivity contribution in [3.8, 4) is 0 Å². The van der Waals surface area contributed by atoms with Gasteiger partial charge < -0.3 is 5.32 Å². The van der Waals surface area contributed by atoms with E-state index in [2.05, 4.69) is 5.32 Å². The number of carbonyl (C=O) groups excluding carboxylic acids is 1. The highest BCUT2D eigenvalue weighted by atomic mass is 35.5. The second-order valence-electron chi connectivity index (χ2n) is 6.80. The van der Waals surface area contributed by atoms with Gasteiger partial charge in [-0.1, -0.05) is 66.7 Å². The molecule has 1 saturated carbocycles. The van der Waals surface area contributed by atoms with Crippen molar-refractivity contribution in [1.29, 1.82) is 0 Å². The lowest BCUT2D eigenvalue weighted by Gasteiger charge is -2.33. The fourth-order valence-electron chi connectivity index (χ4n) is 3.44. The number of hydrogen-bond donors (Lipinski definition) is 1. The summed E-state index contributed by atoms with van der Waals surface area (Å²) in [7, 11) is -3.80. The van der Waals surface area contributed by atoms with E-state index in [0.29, 0.717) is 10.0 Å². The zero-order chi connectivity index (χ0) is 20.1. The number of hydrogen-bond acceptors (Lipinski definition) is 3. The first-order valence-electron chi connectivity index (χ1n) is 9.20. The summed E-state index contributed by atoms with van der Waals surface area (Å²) in [6.45, 7) is -0.288. The number of rotatable bonds is 6. The van der Waals surface area contributed by atoms with Crippen LogP contribution in [0.1, 0.15) is 32.1 Å². The van der Waals surface area contributed by atoms with Gasteiger partial charge in [-0.2, -0.15) is 4.31 Å². The number of nitrogens with one attached hydrogen (secondary N) is 1. The highest BCUT2D eigenvalue weighted by Crippen LogP contribution is 2.31. The van der Waals surface area contributed by atoms with Gasteiger partial charge in [0.1, 0.15) is 0 Å². The van der Waals surface area contributed by atoms with Gasteiger partial charge in [-0.05, 0) is 37.1 Å². The van der Waals surface area contributed by atoms with Crippen LogP contribution in [0, 0.1) is 0 Å². The molecular weight excluding hydrogens is 419 g/mol. The van der Waals surface area contributed by atoms with E-state index >= 15 is 0 Å². The van der Waals surface area contributed by atoms with Gasteiger partial charge in [0.05, 0.1) is 27.2 Å². The van der Waals surface area contributed by atoms with Gasteiger partial charge in [0.15, 0.2) is 0 Å². The van der Waals surface area contributed by atoms with Gasteiger partial charge in [0.2, 0.25) is 15.9 Å². The van der Waals surface area contributed by atoms with Gasteiger partial charge in [-0.3, -0.25) is 4.79 Å². The van der Waals surface area contributed by atoms with Crippen LogP contribution in [0.4, 0.5) is 5.69 Å². The lowest BCUT2D eigenvalue weighted by molar-refractivity contribution is -0.116. The third kappa shape index (κ3) is 4.87. The minimum atomic E-state index is -3.80. The molecule has 1 aliphatic rings. The molecule has 0 heterocycles. The molecular formula is C20H22Cl2N2O3S. The molecule has 1 amide bonds. The maximum atomic E-state index is 13.2. The fraction of sp³-hybridized carbons (Fsp3) is 0.350. The van der Waals surface area contributed by atoms with Crippen molar-refractivity contribution in [3.05, 3.63) is 58.6 Å². The Morgan fingerprint density at radius 1 is 0.964 bits per heavy atom. The summed E-state index contributed by atoms with van der Waals surface area (Å²) in [6.07, 6.45) is 4.46. The number of amides is 1. The van der Waals surface area contributed by atoms with Crippen molar-refractivity contribution in [2.75, 3.05) is 11.9 Å². The van der Waals surface area contributed by atoms with E-state index in [9.17, 15) is 13.2 Å². The Balaban J connectivity index is 1.86. The number of carbonyl (C=O) groups is 1. The second-order valence-corrected chi connectivity index (χ2v) is 9.50. The van der Waals surface area contributed by atoms with Crippen molar-refractivity contribution >= 4 is 44.8 Å². The predicted octanol–water partition coefficient (Wildman–Crippen LogP) is 4.96. The Morgan fingerprint density at radius 2 is 1.57 bits per heavy atom. The quantitative estimate of drug-likeness (QED) is 0.690. The van der Waals surface area contributed by atoms with Crippen LogP contribution in [0.5, 0.6) is 0 Å². The predicted molar refractivity (Wildman–Crippen MR) is 112 cm³/mol. The summed E-state index contributed by atoms with van der Waals surface area (Å²) in [5.41, 5.74) is 0.288. The SMILES string of the molecule is O=C(CN(C1CCCCC1)S(=O)(=O)c1ccccc1)Nc1c(Cl)cccc1Cl. The number of anilines is 1. The van der Waals surface area contributed by atoms with E-state index in [-0.39, 0.29) is 23.2 Å². The minimum absolute atomic E-state index is 0.184. The van der Waals surface area contributed by atoms with E-state index in [1.54, 1.807) is 48.5 Å². The molecule has 0 aromatic heterocycles. The lowest BCUT2D eigenvalue weighted by atomic mass is 9.95. The molecule has 0 radical (unpaired) electrons. The summed E-state index contributed by atoms with van der Waals surface area (Å²) in [6, 6.07) is 12.9. The highest BCUT2D eigenvalue weighted by molar-refractivity contribution is 7.89. The van der Waals surface area contributed by atoms with Crippen LogP contribution >= 0.6 is 23.2 Å². The molecule has 0 atom stereocenters. The topological polar surface area (TPSA) is 66.5 Å². The Kier molecular flexibility index (Phi) is 6.99. The average Bonchev–Trinajstić information content (AvgIpc) is 2.70. The molecule has 1 N–H and O–H groups in total. The smallest absolute Gasteiger partial charge is 0.243 e. The normalized spacial score (nSPS) is 15.5. The Hall–Kier alpha value is -1.60. The van der Waals surface area contributed by atoms with Crippen molar-refractivity contribution in [3.63, 3.8) is 0 Å². The molecule has 1 fully saturated rings. The van der Waals surface area contributed by atoms with E-state index < -0.39 is 15.9 Å². The highest BCUT2D eigenvalue weighted by Gasteiger charge is 2.34. The largest absolute Gasteiger partial charge is 0.322 e. The maximum Gasteiger partial charge on any atom is 0.243 e. The monoisotopic (exact) mass is 440 g/mol. The third-order valence-electron chi connectivity index (χ3n) is 4.86. The molecule has 0 saturated heterocycles. The molecule has 2 aromatic carbocycles. The molecule has 0 unspecified atom stereocenters. The molecule has 8 heteroatoms. The first-order valence-corrected chi connectivity index (χ1v) is 11.4. The summed E-state index contributed by atoms with van der Waals surface area (Å²) < 4.78 is 27.8. The maximum absolute atomic E-state index is 13.2.